The van der Waals surface area contributed by atoms with E-state index in [-0.39, 0.29) is 0 Å². The molecule has 2 aromatic rings. The molecular formula is C18H14Cl3NO3. The Morgan fingerprint density at radius 3 is 2.52 bits per heavy atom. The molecule has 0 unspecified atom stereocenters. The Morgan fingerprint density at radius 2 is 1.84 bits per heavy atom. The summed E-state index contributed by atoms with van der Waals surface area (Å²) in [4.78, 5) is 23.5. The molecule has 0 aliphatic heterocycles. The van der Waals surface area contributed by atoms with Gasteiger partial charge in [0.2, 0.25) is 0 Å². The molecule has 130 valence electrons. The fraction of sp³-hybridized carbons (Fsp3) is 0.111. The lowest BCUT2D eigenvalue weighted by Gasteiger charge is -2.08. The summed E-state index contributed by atoms with van der Waals surface area (Å²) >= 11 is 17.6. The molecule has 1 N–H and O–H groups in total. The van der Waals surface area contributed by atoms with Crippen molar-refractivity contribution >= 4 is 58.4 Å². The average molecular weight is 399 g/mol. The van der Waals surface area contributed by atoms with Crippen molar-refractivity contribution in [3.8, 4) is 0 Å². The smallest absolute Gasteiger partial charge is 0.331 e. The maximum atomic E-state index is 11.8. The van der Waals surface area contributed by atoms with E-state index in [0.29, 0.717) is 26.3 Å². The van der Waals surface area contributed by atoms with E-state index in [1.54, 1.807) is 36.4 Å². The number of aryl methyl sites for hydroxylation is 1. The molecule has 2 rings (SSSR count). The van der Waals surface area contributed by atoms with Crippen molar-refractivity contribution in [3.63, 3.8) is 0 Å². The number of carbonyl (C=O) groups excluding carboxylic acids is 2. The van der Waals surface area contributed by atoms with E-state index >= 15 is 0 Å². The second-order valence-corrected chi connectivity index (χ2v) is 6.37. The van der Waals surface area contributed by atoms with Gasteiger partial charge in [0, 0.05) is 16.8 Å². The quantitative estimate of drug-likeness (QED) is 0.560. The molecule has 25 heavy (non-hydrogen) atoms. The molecule has 0 saturated heterocycles. The molecule has 0 radical (unpaired) electrons. The van der Waals surface area contributed by atoms with E-state index in [2.05, 4.69) is 5.32 Å². The van der Waals surface area contributed by atoms with E-state index in [0.717, 1.165) is 5.56 Å². The lowest BCUT2D eigenvalue weighted by atomic mass is 10.2. The van der Waals surface area contributed by atoms with Gasteiger partial charge in [-0.1, -0.05) is 40.9 Å². The van der Waals surface area contributed by atoms with Gasteiger partial charge in [0.1, 0.15) is 0 Å². The summed E-state index contributed by atoms with van der Waals surface area (Å²) in [7, 11) is 0. The van der Waals surface area contributed by atoms with Gasteiger partial charge in [0.25, 0.3) is 5.91 Å². The standard InChI is InChI=1S/C18H14Cl3NO3/c1-11-8-13(19)4-6-16(11)22-17(23)10-25-18(24)7-3-12-2-5-14(20)15(21)9-12/h2-9H,10H2,1H3,(H,22,23). The zero-order valence-electron chi connectivity index (χ0n) is 13.2. The van der Waals surface area contributed by atoms with Gasteiger partial charge < -0.3 is 10.1 Å². The number of amides is 1. The van der Waals surface area contributed by atoms with Crippen LogP contribution < -0.4 is 5.32 Å². The van der Waals surface area contributed by atoms with Crippen molar-refractivity contribution < 1.29 is 14.3 Å². The maximum absolute atomic E-state index is 11.8. The third-order valence-electron chi connectivity index (χ3n) is 3.16. The Balaban J connectivity index is 1.85. The first-order chi connectivity index (χ1) is 11.8. The largest absolute Gasteiger partial charge is 0.452 e. The minimum atomic E-state index is -0.644. The molecule has 0 spiro atoms. The van der Waals surface area contributed by atoms with Crippen LogP contribution in [0.25, 0.3) is 6.08 Å². The maximum Gasteiger partial charge on any atom is 0.331 e. The molecule has 0 bridgehead atoms. The molecule has 2 aromatic carbocycles. The molecule has 0 fully saturated rings. The van der Waals surface area contributed by atoms with Crippen LogP contribution in [0.4, 0.5) is 5.69 Å². The Morgan fingerprint density at radius 1 is 1.08 bits per heavy atom. The van der Waals surface area contributed by atoms with Crippen LogP contribution in [0, 0.1) is 6.92 Å². The summed E-state index contributed by atoms with van der Waals surface area (Å²) in [5.41, 5.74) is 2.11. The SMILES string of the molecule is Cc1cc(Cl)ccc1NC(=O)COC(=O)C=Cc1ccc(Cl)c(Cl)c1. The number of ether oxygens (including phenoxy) is 1. The van der Waals surface area contributed by atoms with Crippen LogP contribution in [0.2, 0.25) is 15.1 Å². The molecule has 0 aromatic heterocycles. The number of halogens is 3. The predicted molar refractivity (Wildman–Crippen MR) is 101 cm³/mol. The fourth-order valence-corrected chi connectivity index (χ4v) is 2.45. The van der Waals surface area contributed by atoms with Crippen molar-refractivity contribution in [2.24, 2.45) is 0 Å². The van der Waals surface area contributed by atoms with E-state index < -0.39 is 18.5 Å². The van der Waals surface area contributed by atoms with Gasteiger partial charge in [-0.3, -0.25) is 4.79 Å². The van der Waals surface area contributed by atoms with Gasteiger partial charge in [0.05, 0.1) is 10.0 Å². The molecule has 4 nitrogen and oxygen atoms in total. The summed E-state index contributed by atoms with van der Waals surface area (Å²) in [6.45, 7) is 1.42. The predicted octanol–water partition coefficient (Wildman–Crippen LogP) is 5.15. The lowest BCUT2D eigenvalue weighted by molar-refractivity contribution is -0.142. The summed E-state index contributed by atoms with van der Waals surface area (Å²) in [5.74, 6) is -1.09. The van der Waals surface area contributed by atoms with E-state index in [1.807, 2.05) is 6.92 Å². The number of hydrogen-bond acceptors (Lipinski definition) is 3. The Hall–Kier alpha value is -2.01. The number of anilines is 1. The summed E-state index contributed by atoms with van der Waals surface area (Å²) in [5, 5.41) is 4.04. The van der Waals surface area contributed by atoms with E-state index in [1.165, 1.54) is 12.2 Å². The summed E-state index contributed by atoms with van der Waals surface area (Å²) in [6, 6.07) is 10.0. The number of esters is 1. The molecule has 7 heteroatoms. The van der Waals surface area contributed by atoms with Crippen molar-refractivity contribution in [2.75, 3.05) is 11.9 Å². The van der Waals surface area contributed by atoms with Gasteiger partial charge in [-0.15, -0.1) is 0 Å². The van der Waals surface area contributed by atoms with Gasteiger partial charge in [0.15, 0.2) is 6.61 Å². The lowest BCUT2D eigenvalue weighted by Crippen LogP contribution is -2.20. The van der Waals surface area contributed by atoms with E-state index in [4.69, 9.17) is 39.5 Å². The minimum absolute atomic E-state index is 0.384. The van der Waals surface area contributed by atoms with Gasteiger partial charge in [-0.05, 0) is 54.5 Å². The number of carbonyl (C=O) groups is 2. The van der Waals surface area contributed by atoms with Crippen LogP contribution >= 0.6 is 34.8 Å². The zero-order valence-corrected chi connectivity index (χ0v) is 15.5. The highest BCUT2D eigenvalue weighted by molar-refractivity contribution is 6.42. The van der Waals surface area contributed by atoms with Crippen LogP contribution in [-0.2, 0) is 14.3 Å². The topological polar surface area (TPSA) is 55.4 Å². The van der Waals surface area contributed by atoms with Crippen LogP contribution in [0.3, 0.4) is 0 Å². The number of hydrogen-bond donors (Lipinski definition) is 1. The second-order valence-electron chi connectivity index (χ2n) is 5.12. The highest BCUT2D eigenvalue weighted by Gasteiger charge is 2.08. The van der Waals surface area contributed by atoms with Gasteiger partial charge in [-0.25, -0.2) is 4.79 Å². The van der Waals surface area contributed by atoms with Crippen LogP contribution in [0.5, 0.6) is 0 Å². The van der Waals surface area contributed by atoms with Crippen LogP contribution in [-0.4, -0.2) is 18.5 Å². The molecule has 0 atom stereocenters. The Kier molecular flexibility index (Phi) is 6.88. The number of rotatable bonds is 5. The summed E-state index contributed by atoms with van der Waals surface area (Å²) < 4.78 is 4.89. The van der Waals surface area contributed by atoms with Crippen molar-refractivity contribution in [2.45, 2.75) is 6.92 Å². The third kappa shape index (κ3) is 6.09. The van der Waals surface area contributed by atoms with Crippen LogP contribution in [0.15, 0.2) is 42.5 Å². The highest BCUT2D eigenvalue weighted by Crippen LogP contribution is 2.23. The molecular weight excluding hydrogens is 385 g/mol. The number of benzene rings is 2. The van der Waals surface area contributed by atoms with Gasteiger partial charge in [-0.2, -0.15) is 0 Å². The fourth-order valence-electron chi connectivity index (χ4n) is 1.92. The van der Waals surface area contributed by atoms with Crippen molar-refractivity contribution in [1.29, 1.82) is 0 Å². The van der Waals surface area contributed by atoms with E-state index in [9.17, 15) is 9.59 Å². The average Bonchev–Trinajstić information content (AvgIpc) is 2.56. The molecule has 0 aliphatic rings. The zero-order chi connectivity index (χ0) is 18.4. The minimum Gasteiger partial charge on any atom is -0.452 e. The van der Waals surface area contributed by atoms with Gasteiger partial charge >= 0.3 is 5.97 Å². The van der Waals surface area contributed by atoms with Crippen molar-refractivity contribution in [1.82, 2.24) is 0 Å². The molecule has 0 saturated carbocycles. The normalized spacial score (nSPS) is 10.7. The molecule has 0 heterocycles. The summed E-state index contributed by atoms with van der Waals surface area (Å²) in [6.07, 6.45) is 2.73. The second kappa shape index (κ2) is 8.90. The first-order valence-corrected chi connectivity index (χ1v) is 8.34. The van der Waals surface area contributed by atoms with Crippen LogP contribution in [0.1, 0.15) is 11.1 Å². The van der Waals surface area contributed by atoms with Crippen molar-refractivity contribution in [3.05, 3.63) is 68.7 Å². The Labute approximate surface area is 160 Å². The number of nitrogens with one attached hydrogen (secondary N) is 1. The highest BCUT2D eigenvalue weighted by atomic mass is 35.5. The molecule has 1 amide bonds. The first-order valence-electron chi connectivity index (χ1n) is 7.21. The third-order valence-corrected chi connectivity index (χ3v) is 4.14. The monoisotopic (exact) mass is 397 g/mol. The Bertz CT molecular complexity index is 834. The molecule has 0 aliphatic carbocycles. The first kappa shape index (κ1) is 19.3.